The number of aryl methyl sites for hydroxylation is 1. The molecule has 0 aliphatic carbocycles. The first-order valence-electron chi connectivity index (χ1n) is 9.35. The summed E-state index contributed by atoms with van der Waals surface area (Å²) in [5, 5.41) is 0. The number of rotatable bonds is 6. The van der Waals surface area contributed by atoms with E-state index in [4.69, 9.17) is 4.74 Å². The zero-order valence-corrected chi connectivity index (χ0v) is 17.4. The number of hydrogen-bond acceptors (Lipinski definition) is 4. The van der Waals surface area contributed by atoms with Gasteiger partial charge in [-0.2, -0.15) is 0 Å². The first-order chi connectivity index (χ1) is 13.2. The standard InChI is InChI=1S/C21H26N2O4S/c1-14(2)22-28(25,26)18-9-10-20(15(3)11-18)27-13-21(24)23-16(4)12-17-7-5-6-8-19(17)23/h5-11,14,16,22H,12-13H2,1-4H3/t16-/m0/s1. The predicted octanol–water partition coefficient (Wildman–Crippen LogP) is 3.04. The lowest BCUT2D eigenvalue weighted by Crippen LogP contribution is -2.39. The zero-order chi connectivity index (χ0) is 20.5. The number of para-hydroxylation sites is 1. The molecule has 1 amide bonds. The highest BCUT2D eigenvalue weighted by Gasteiger charge is 2.30. The van der Waals surface area contributed by atoms with Crippen LogP contribution in [0.2, 0.25) is 0 Å². The van der Waals surface area contributed by atoms with E-state index in [-0.39, 0.29) is 29.5 Å². The summed E-state index contributed by atoms with van der Waals surface area (Å²) in [5.41, 5.74) is 2.75. The molecule has 150 valence electrons. The van der Waals surface area contributed by atoms with Gasteiger partial charge in [-0.1, -0.05) is 18.2 Å². The number of carbonyl (C=O) groups is 1. The fourth-order valence-corrected chi connectivity index (χ4v) is 4.82. The molecule has 0 saturated heterocycles. The van der Waals surface area contributed by atoms with Gasteiger partial charge in [0.2, 0.25) is 10.0 Å². The third-order valence-corrected chi connectivity index (χ3v) is 6.33. The third-order valence-electron chi connectivity index (χ3n) is 4.67. The van der Waals surface area contributed by atoms with Gasteiger partial charge in [0.05, 0.1) is 4.90 Å². The molecule has 1 aliphatic rings. The molecule has 28 heavy (non-hydrogen) atoms. The van der Waals surface area contributed by atoms with Crippen LogP contribution >= 0.6 is 0 Å². The molecule has 1 aliphatic heterocycles. The Morgan fingerprint density at radius 2 is 1.96 bits per heavy atom. The summed E-state index contributed by atoms with van der Waals surface area (Å²) < 4.78 is 32.8. The Hall–Kier alpha value is -2.38. The van der Waals surface area contributed by atoms with Crippen LogP contribution in [-0.2, 0) is 21.2 Å². The number of fused-ring (bicyclic) bond motifs is 1. The molecule has 2 aromatic carbocycles. The Kier molecular flexibility index (Phi) is 5.76. The van der Waals surface area contributed by atoms with Gasteiger partial charge in [0.15, 0.2) is 6.61 Å². The third kappa shape index (κ3) is 4.20. The molecule has 0 spiro atoms. The van der Waals surface area contributed by atoms with E-state index in [1.54, 1.807) is 37.8 Å². The van der Waals surface area contributed by atoms with E-state index in [1.807, 2.05) is 31.2 Å². The van der Waals surface area contributed by atoms with Gasteiger partial charge in [0.25, 0.3) is 5.91 Å². The first kappa shape index (κ1) is 20.4. The van der Waals surface area contributed by atoms with Crippen molar-refractivity contribution in [3.8, 4) is 5.75 Å². The SMILES string of the molecule is Cc1cc(S(=O)(=O)NC(C)C)ccc1OCC(=O)N1c2ccccc2C[C@@H]1C. The summed E-state index contributed by atoms with van der Waals surface area (Å²) in [6.45, 7) is 7.22. The van der Waals surface area contributed by atoms with Gasteiger partial charge in [-0.3, -0.25) is 4.79 Å². The van der Waals surface area contributed by atoms with Gasteiger partial charge in [-0.25, -0.2) is 13.1 Å². The fourth-order valence-electron chi connectivity index (χ4n) is 3.48. The lowest BCUT2D eigenvalue weighted by molar-refractivity contribution is -0.120. The molecule has 1 atom stereocenters. The average Bonchev–Trinajstić information content (AvgIpc) is 2.95. The number of anilines is 1. The molecule has 0 bridgehead atoms. The largest absolute Gasteiger partial charge is 0.483 e. The average molecular weight is 403 g/mol. The monoisotopic (exact) mass is 402 g/mol. The number of sulfonamides is 1. The van der Waals surface area contributed by atoms with Crippen LogP contribution in [0.15, 0.2) is 47.4 Å². The summed E-state index contributed by atoms with van der Waals surface area (Å²) in [4.78, 5) is 14.7. The van der Waals surface area contributed by atoms with Crippen LogP contribution in [0.5, 0.6) is 5.75 Å². The van der Waals surface area contributed by atoms with Crippen LogP contribution in [0.1, 0.15) is 31.9 Å². The van der Waals surface area contributed by atoms with E-state index in [1.165, 1.54) is 6.07 Å². The van der Waals surface area contributed by atoms with E-state index in [0.717, 1.165) is 17.7 Å². The maximum atomic E-state index is 12.7. The van der Waals surface area contributed by atoms with Crippen molar-refractivity contribution in [3.05, 3.63) is 53.6 Å². The molecule has 6 nitrogen and oxygen atoms in total. The molecule has 3 rings (SSSR count). The van der Waals surface area contributed by atoms with Crippen molar-refractivity contribution in [3.63, 3.8) is 0 Å². The van der Waals surface area contributed by atoms with E-state index < -0.39 is 10.0 Å². The quantitative estimate of drug-likeness (QED) is 0.806. The second-order valence-corrected chi connectivity index (χ2v) is 9.15. The molecule has 0 unspecified atom stereocenters. The Morgan fingerprint density at radius 1 is 1.25 bits per heavy atom. The molecular weight excluding hydrogens is 376 g/mol. The van der Waals surface area contributed by atoms with Crippen molar-refractivity contribution >= 4 is 21.6 Å². The molecule has 0 saturated carbocycles. The zero-order valence-electron chi connectivity index (χ0n) is 16.6. The van der Waals surface area contributed by atoms with Crippen molar-refractivity contribution in [2.24, 2.45) is 0 Å². The second-order valence-electron chi connectivity index (χ2n) is 7.44. The molecule has 0 aromatic heterocycles. The molecule has 0 fully saturated rings. The summed E-state index contributed by atoms with van der Waals surface area (Å²) >= 11 is 0. The van der Waals surface area contributed by atoms with Crippen LogP contribution < -0.4 is 14.4 Å². The van der Waals surface area contributed by atoms with Crippen LogP contribution in [0.4, 0.5) is 5.69 Å². The molecule has 2 aromatic rings. The van der Waals surface area contributed by atoms with Gasteiger partial charge < -0.3 is 9.64 Å². The number of nitrogens with zero attached hydrogens (tertiary/aromatic N) is 1. The van der Waals surface area contributed by atoms with E-state index >= 15 is 0 Å². The van der Waals surface area contributed by atoms with E-state index in [2.05, 4.69) is 4.72 Å². The van der Waals surface area contributed by atoms with Crippen LogP contribution in [0.3, 0.4) is 0 Å². The summed E-state index contributed by atoms with van der Waals surface area (Å²) in [5.74, 6) is 0.381. The Balaban J connectivity index is 1.71. The van der Waals surface area contributed by atoms with Crippen molar-refractivity contribution < 1.29 is 17.9 Å². The maximum absolute atomic E-state index is 12.7. The van der Waals surface area contributed by atoms with Gasteiger partial charge in [-0.05, 0) is 69.5 Å². The Labute approximate surface area is 166 Å². The minimum Gasteiger partial charge on any atom is -0.483 e. The maximum Gasteiger partial charge on any atom is 0.265 e. The molecule has 0 radical (unpaired) electrons. The lowest BCUT2D eigenvalue weighted by atomic mass is 10.1. The van der Waals surface area contributed by atoms with Gasteiger partial charge in [-0.15, -0.1) is 0 Å². The van der Waals surface area contributed by atoms with Crippen molar-refractivity contribution in [1.29, 1.82) is 0 Å². The van der Waals surface area contributed by atoms with Crippen molar-refractivity contribution in [1.82, 2.24) is 4.72 Å². The minimum atomic E-state index is -3.56. The highest BCUT2D eigenvalue weighted by Crippen LogP contribution is 2.32. The van der Waals surface area contributed by atoms with Gasteiger partial charge >= 0.3 is 0 Å². The lowest BCUT2D eigenvalue weighted by Gasteiger charge is -2.23. The summed E-state index contributed by atoms with van der Waals surface area (Å²) in [7, 11) is -3.56. The van der Waals surface area contributed by atoms with Crippen LogP contribution in [0, 0.1) is 6.92 Å². The first-order valence-corrected chi connectivity index (χ1v) is 10.8. The highest BCUT2D eigenvalue weighted by molar-refractivity contribution is 7.89. The molecule has 1 N–H and O–H groups in total. The number of nitrogens with one attached hydrogen (secondary N) is 1. The number of hydrogen-bond donors (Lipinski definition) is 1. The number of benzene rings is 2. The van der Waals surface area contributed by atoms with Crippen LogP contribution in [0.25, 0.3) is 0 Å². The van der Waals surface area contributed by atoms with Crippen molar-refractivity contribution in [2.45, 2.75) is 51.1 Å². The second kappa shape index (κ2) is 7.93. The molecular formula is C21H26N2O4S. The van der Waals surface area contributed by atoms with Crippen molar-refractivity contribution in [2.75, 3.05) is 11.5 Å². The van der Waals surface area contributed by atoms with E-state index in [9.17, 15) is 13.2 Å². The van der Waals surface area contributed by atoms with Gasteiger partial charge in [0.1, 0.15) is 5.75 Å². The minimum absolute atomic E-state index is 0.0872. The van der Waals surface area contributed by atoms with E-state index in [0.29, 0.717) is 11.3 Å². The molecule has 1 heterocycles. The fraction of sp³-hybridized carbons (Fsp3) is 0.381. The number of amides is 1. The van der Waals surface area contributed by atoms with Crippen LogP contribution in [-0.4, -0.2) is 33.0 Å². The Morgan fingerprint density at radius 3 is 2.64 bits per heavy atom. The summed E-state index contributed by atoms with van der Waals surface area (Å²) in [6.07, 6.45) is 0.830. The summed E-state index contributed by atoms with van der Waals surface area (Å²) in [6, 6.07) is 12.4. The normalized spacial score (nSPS) is 16.3. The number of carbonyl (C=O) groups excluding carboxylic acids is 1. The number of ether oxygens (including phenoxy) is 1. The predicted molar refractivity (Wildman–Crippen MR) is 109 cm³/mol. The highest BCUT2D eigenvalue weighted by atomic mass is 32.2. The molecule has 7 heteroatoms. The topological polar surface area (TPSA) is 75.7 Å². The van der Waals surface area contributed by atoms with Gasteiger partial charge in [0, 0.05) is 17.8 Å². The smallest absolute Gasteiger partial charge is 0.265 e. The Bertz CT molecular complexity index is 986.